The Morgan fingerprint density at radius 3 is 2.35 bits per heavy atom. The summed E-state index contributed by atoms with van der Waals surface area (Å²) < 4.78 is 27.2. The van der Waals surface area contributed by atoms with E-state index >= 15 is 0 Å². The van der Waals surface area contributed by atoms with Gasteiger partial charge in [0, 0.05) is 5.56 Å². The molecule has 0 fully saturated rings. The molecule has 0 saturated heterocycles. The molecule has 0 heterocycles. The van der Waals surface area contributed by atoms with Gasteiger partial charge in [-0.3, -0.25) is 0 Å². The van der Waals surface area contributed by atoms with Crippen molar-refractivity contribution in [2.45, 2.75) is 26.3 Å². The number of benzene rings is 2. The molecule has 0 aromatic heterocycles. The standard InChI is InChI=1S/C17H19F2N/c1-3-10-20-17(13-5-7-14(18)8-6-13)15-9-4-12(2)11-16(15)19/h4-9,11,17,20H,3,10H2,1-2H3. The Labute approximate surface area is 118 Å². The highest BCUT2D eigenvalue weighted by atomic mass is 19.1. The minimum atomic E-state index is -0.285. The zero-order valence-corrected chi connectivity index (χ0v) is 11.8. The van der Waals surface area contributed by atoms with Gasteiger partial charge < -0.3 is 5.32 Å². The van der Waals surface area contributed by atoms with E-state index in [1.54, 1.807) is 18.2 Å². The highest BCUT2D eigenvalue weighted by Gasteiger charge is 2.17. The van der Waals surface area contributed by atoms with Crippen molar-refractivity contribution in [2.24, 2.45) is 0 Å². The molecule has 0 amide bonds. The van der Waals surface area contributed by atoms with Crippen molar-refractivity contribution >= 4 is 0 Å². The van der Waals surface area contributed by atoms with Gasteiger partial charge in [-0.15, -0.1) is 0 Å². The zero-order chi connectivity index (χ0) is 14.5. The van der Waals surface area contributed by atoms with Gasteiger partial charge in [0.15, 0.2) is 0 Å². The van der Waals surface area contributed by atoms with Crippen molar-refractivity contribution in [1.82, 2.24) is 5.32 Å². The monoisotopic (exact) mass is 275 g/mol. The molecule has 0 saturated carbocycles. The summed E-state index contributed by atoms with van der Waals surface area (Å²) >= 11 is 0. The lowest BCUT2D eigenvalue weighted by Gasteiger charge is -2.20. The fourth-order valence-corrected chi connectivity index (χ4v) is 2.22. The molecule has 1 N–H and O–H groups in total. The van der Waals surface area contributed by atoms with E-state index in [2.05, 4.69) is 12.2 Å². The van der Waals surface area contributed by atoms with Gasteiger partial charge in [0.1, 0.15) is 11.6 Å². The first-order valence-electron chi connectivity index (χ1n) is 6.86. The summed E-state index contributed by atoms with van der Waals surface area (Å²) in [6.07, 6.45) is 0.950. The van der Waals surface area contributed by atoms with E-state index in [9.17, 15) is 8.78 Å². The van der Waals surface area contributed by atoms with Crippen molar-refractivity contribution in [2.75, 3.05) is 6.54 Å². The largest absolute Gasteiger partial charge is 0.306 e. The van der Waals surface area contributed by atoms with Crippen LogP contribution in [0.5, 0.6) is 0 Å². The summed E-state index contributed by atoms with van der Waals surface area (Å²) in [6.45, 7) is 4.69. The first-order chi connectivity index (χ1) is 9.61. The van der Waals surface area contributed by atoms with Gasteiger partial charge >= 0.3 is 0 Å². The molecule has 1 atom stereocenters. The van der Waals surface area contributed by atoms with Gasteiger partial charge in [-0.05, 0) is 49.2 Å². The van der Waals surface area contributed by atoms with E-state index < -0.39 is 0 Å². The second-order valence-corrected chi connectivity index (χ2v) is 4.96. The molecule has 2 rings (SSSR count). The molecule has 1 unspecified atom stereocenters. The molecular formula is C17H19F2N. The predicted molar refractivity (Wildman–Crippen MR) is 77.7 cm³/mol. The summed E-state index contributed by atoms with van der Waals surface area (Å²) in [6, 6.07) is 11.2. The molecule has 3 heteroatoms. The first kappa shape index (κ1) is 14.7. The number of halogens is 2. The van der Waals surface area contributed by atoms with Crippen LogP contribution in [0.2, 0.25) is 0 Å². The number of hydrogen-bond acceptors (Lipinski definition) is 1. The zero-order valence-electron chi connectivity index (χ0n) is 11.8. The number of aryl methyl sites for hydroxylation is 1. The molecule has 2 aromatic rings. The maximum Gasteiger partial charge on any atom is 0.128 e. The topological polar surface area (TPSA) is 12.0 Å². The van der Waals surface area contributed by atoms with Crippen LogP contribution in [0.25, 0.3) is 0 Å². The van der Waals surface area contributed by atoms with Crippen LogP contribution >= 0.6 is 0 Å². The van der Waals surface area contributed by atoms with Crippen molar-refractivity contribution in [3.63, 3.8) is 0 Å². The van der Waals surface area contributed by atoms with E-state index in [0.717, 1.165) is 24.1 Å². The van der Waals surface area contributed by atoms with Crippen LogP contribution in [-0.4, -0.2) is 6.54 Å². The highest BCUT2D eigenvalue weighted by molar-refractivity contribution is 5.34. The van der Waals surface area contributed by atoms with Crippen LogP contribution in [0.1, 0.15) is 36.1 Å². The lowest BCUT2D eigenvalue weighted by atomic mass is 9.97. The molecule has 0 radical (unpaired) electrons. The number of rotatable bonds is 5. The van der Waals surface area contributed by atoms with Gasteiger partial charge in [0.2, 0.25) is 0 Å². The number of hydrogen-bond donors (Lipinski definition) is 1. The van der Waals surface area contributed by atoms with Crippen molar-refractivity contribution in [1.29, 1.82) is 0 Å². The number of nitrogens with one attached hydrogen (secondary N) is 1. The lowest BCUT2D eigenvalue weighted by molar-refractivity contribution is 0.545. The van der Waals surface area contributed by atoms with Crippen molar-refractivity contribution in [3.8, 4) is 0 Å². The minimum absolute atomic E-state index is 0.233. The third-order valence-electron chi connectivity index (χ3n) is 3.27. The quantitative estimate of drug-likeness (QED) is 0.854. The Morgan fingerprint density at radius 2 is 1.75 bits per heavy atom. The van der Waals surface area contributed by atoms with E-state index in [1.165, 1.54) is 18.2 Å². The molecule has 106 valence electrons. The Kier molecular flexibility index (Phi) is 4.85. The summed E-state index contributed by atoms with van der Waals surface area (Å²) in [5.41, 5.74) is 2.35. The van der Waals surface area contributed by atoms with Crippen LogP contribution in [0, 0.1) is 18.6 Å². The highest BCUT2D eigenvalue weighted by Crippen LogP contribution is 2.25. The fraction of sp³-hybridized carbons (Fsp3) is 0.294. The van der Waals surface area contributed by atoms with Gasteiger partial charge in [0.05, 0.1) is 6.04 Å². The second-order valence-electron chi connectivity index (χ2n) is 4.96. The van der Waals surface area contributed by atoms with E-state index in [-0.39, 0.29) is 17.7 Å². The van der Waals surface area contributed by atoms with Crippen LogP contribution < -0.4 is 5.32 Å². The molecule has 2 aromatic carbocycles. The van der Waals surface area contributed by atoms with E-state index in [1.807, 2.05) is 13.0 Å². The van der Waals surface area contributed by atoms with Gasteiger partial charge in [-0.25, -0.2) is 8.78 Å². The Balaban J connectivity index is 2.38. The lowest BCUT2D eigenvalue weighted by Crippen LogP contribution is -2.24. The van der Waals surface area contributed by atoms with Crippen LogP contribution in [0.3, 0.4) is 0 Å². The van der Waals surface area contributed by atoms with E-state index in [0.29, 0.717) is 5.56 Å². The van der Waals surface area contributed by atoms with Gasteiger partial charge in [-0.1, -0.05) is 31.2 Å². The molecule has 0 aliphatic carbocycles. The third-order valence-corrected chi connectivity index (χ3v) is 3.27. The molecule has 0 aliphatic rings. The summed E-state index contributed by atoms with van der Waals surface area (Å²) in [5.74, 6) is -0.518. The van der Waals surface area contributed by atoms with E-state index in [4.69, 9.17) is 0 Å². The van der Waals surface area contributed by atoms with Gasteiger partial charge in [0.25, 0.3) is 0 Å². The predicted octanol–water partition coefficient (Wildman–Crippen LogP) is 4.36. The molecular weight excluding hydrogens is 256 g/mol. The average molecular weight is 275 g/mol. The van der Waals surface area contributed by atoms with Crippen molar-refractivity contribution in [3.05, 3.63) is 70.8 Å². The first-order valence-corrected chi connectivity index (χ1v) is 6.86. The Hall–Kier alpha value is -1.74. The SMILES string of the molecule is CCCNC(c1ccc(F)cc1)c1ccc(C)cc1F. The summed E-state index contributed by atoms with van der Waals surface area (Å²) in [4.78, 5) is 0. The maximum absolute atomic E-state index is 14.2. The molecule has 0 bridgehead atoms. The molecule has 0 aliphatic heterocycles. The fourth-order valence-electron chi connectivity index (χ4n) is 2.22. The maximum atomic E-state index is 14.2. The minimum Gasteiger partial charge on any atom is -0.306 e. The van der Waals surface area contributed by atoms with Crippen LogP contribution in [0.4, 0.5) is 8.78 Å². The Bertz CT molecular complexity index is 564. The summed E-state index contributed by atoms with van der Waals surface area (Å²) in [5, 5.41) is 3.32. The van der Waals surface area contributed by atoms with Gasteiger partial charge in [-0.2, -0.15) is 0 Å². The molecule has 1 nitrogen and oxygen atoms in total. The average Bonchev–Trinajstić information content (AvgIpc) is 2.42. The van der Waals surface area contributed by atoms with Crippen LogP contribution in [0.15, 0.2) is 42.5 Å². The molecule has 20 heavy (non-hydrogen) atoms. The second kappa shape index (κ2) is 6.62. The normalized spacial score (nSPS) is 12.4. The van der Waals surface area contributed by atoms with Crippen LogP contribution in [-0.2, 0) is 0 Å². The molecule has 0 spiro atoms. The smallest absolute Gasteiger partial charge is 0.128 e. The third kappa shape index (κ3) is 3.42. The van der Waals surface area contributed by atoms with Crippen molar-refractivity contribution < 1.29 is 8.78 Å². The summed E-state index contributed by atoms with van der Waals surface area (Å²) in [7, 11) is 0. The Morgan fingerprint density at radius 1 is 1.05 bits per heavy atom.